The maximum absolute atomic E-state index is 12.9. The van der Waals surface area contributed by atoms with Crippen molar-refractivity contribution >= 4 is 12.0 Å². The topological polar surface area (TPSA) is 67.9 Å². The molecule has 176 valence electrons. The monoisotopic (exact) mass is 454 g/mol. The van der Waals surface area contributed by atoms with Crippen LogP contribution in [0.3, 0.4) is 0 Å². The highest BCUT2D eigenvalue weighted by molar-refractivity contribution is 5.80. The Morgan fingerprint density at radius 3 is 2.59 bits per heavy atom. The van der Waals surface area contributed by atoms with Crippen LogP contribution in [0, 0.1) is 18.8 Å². The predicted molar refractivity (Wildman–Crippen MR) is 110 cm³/mol. The van der Waals surface area contributed by atoms with Gasteiger partial charge in [0.2, 0.25) is 5.91 Å². The third-order valence-electron chi connectivity index (χ3n) is 6.95. The summed E-state index contributed by atoms with van der Waals surface area (Å²) >= 11 is 0. The molecule has 4 rings (SSSR count). The van der Waals surface area contributed by atoms with Crippen LogP contribution in [0.5, 0.6) is 5.75 Å². The minimum absolute atomic E-state index is 0.0420. The number of piperidine rings is 1. The number of hydrogen-bond acceptors (Lipinski definition) is 4. The van der Waals surface area contributed by atoms with E-state index in [-0.39, 0.29) is 41.1 Å². The normalized spacial score (nSPS) is 29.1. The number of fused-ring (bicyclic) bond motifs is 1. The minimum Gasteiger partial charge on any atom is -0.447 e. The molecular formula is C23H29F3N2O4. The maximum atomic E-state index is 12.9. The molecule has 2 unspecified atom stereocenters. The van der Waals surface area contributed by atoms with Crippen LogP contribution in [0.25, 0.3) is 0 Å². The first-order valence-electron chi connectivity index (χ1n) is 11.1. The quantitative estimate of drug-likeness (QED) is 0.721. The zero-order valence-corrected chi connectivity index (χ0v) is 18.5. The molecule has 2 saturated carbocycles. The van der Waals surface area contributed by atoms with Crippen molar-refractivity contribution in [2.24, 2.45) is 11.8 Å². The van der Waals surface area contributed by atoms with Gasteiger partial charge < -0.3 is 19.7 Å². The van der Waals surface area contributed by atoms with Gasteiger partial charge in [-0.15, -0.1) is 13.2 Å². The molecule has 0 aromatic heterocycles. The molecule has 32 heavy (non-hydrogen) atoms. The van der Waals surface area contributed by atoms with Gasteiger partial charge in [0.1, 0.15) is 5.75 Å². The number of benzene rings is 1. The summed E-state index contributed by atoms with van der Waals surface area (Å²) in [5.41, 5.74) is 1.13. The van der Waals surface area contributed by atoms with Gasteiger partial charge in [-0.25, -0.2) is 4.79 Å². The van der Waals surface area contributed by atoms with E-state index in [9.17, 15) is 22.8 Å². The number of aryl methyl sites for hydroxylation is 1. The summed E-state index contributed by atoms with van der Waals surface area (Å²) < 4.78 is 47.4. The van der Waals surface area contributed by atoms with Crippen molar-refractivity contribution in [2.45, 2.75) is 70.4 Å². The molecule has 3 fully saturated rings. The van der Waals surface area contributed by atoms with E-state index in [0.29, 0.717) is 31.5 Å². The summed E-state index contributed by atoms with van der Waals surface area (Å²) in [5.74, 6) is 0.0942. The smallest absolute Gasteiger partial charge is 0.447 e. The number of carbonyl (C=O) groups is 2. The molecule has 6 nitrogen and oxygen atoms in total. The van der Waals surface area contributed by atoms with Gasteiger partial charge in [-0.05, 0) is 69.6 Å². The molecule has 1 heterocycles. The lowest BCUT2D eigenvalue weighted by Gasteiger charge is -2.40. The Kier molecular flexibility index (Phi) is 5.79. The number of alkyl halides is 3. The van der Waals surface area contributed by atoms with Gasteiger partial charge >= 0.3 is 12.5 Å². The molecule has 0 radical (unpaired) electrons. The van der Waals surface area contributed by atoms with Crippen LogP contribution in [0.4, 0.5) is 18.0 Å². The van der Waals surface area contributed by atoms with E-state index in [2.05, 4.69) is 10.1 Å². The van der Waals surface area contributed by atoms with Crippen molar-refractivity contribution in [2.75, 3.05) is 13.1 Å². The van der Waals surface area contributed by atoms with Gasteiger partial charge in [-0.3, -0.25) is 4.79 Å². The average molecular weight is 454 g/mol. The first kappa shape index (κ1) is 22.7. The summed E-state index contributed by atoms with van der Waals surface area (Å²) in [4.78, 5) is 26.4. The highest BCUT2D eigenvalue weighted by Gasteiger charge is 2.58. The highest BCUT2D eigenvalue weighted by atomic mass is 19.4. The number of nitrogens with one attached hydrogen (secondary N) is 1. The number of amides is 2. The van der Waals surface area contributed by atoms with E-state index >= 15 is 0 Å². The largest absolute Gasteiger partial charge is 0.573 e. The van der Waals surface area contributed by atoms with Crippen LogP contribution in [-0.4, -0.2) is 48.5 Å². The number of ether oxygens (including phenoxy) is 2. The zero-order valence-electron chi connectivity index (χ0n) is 18.5. The lowest BCUT2D eigenvalue weighted by Crippen LogP contribution is -2.52. The first-order chi connectivity index (χ1) is 15.0. The molecule has 1 aromatic rings. The summed E-state index contributed by atoms with van der Waals surface area (Å²) in [6.45, 7) is 6.36. The summed E-state index contributed by atoms with van der Waals surface area (Å²) in [7, 11) is 0. The number of rotatable bonds is 5. The molecule has 0 spiro atoms. The molecule has 2 atom stereocenters. The molecule has 1 aliphatic heterocycles. The Labute approximate surface area is 185 Å². The standard InChI is InChI=1S/C23H29F3N2O4/c1-13(2)31-21(30)27-18-8-15(9-18)20(29)28-7-6-22(11-17(22)12-28)16-5-4-14(3)19(10-16)32-23(24,25)26/h4-5,10,13,15,17-18H,6-9,11-12H2,1-3H3,(H,27,30)/t15-,17?,18+,22?. The molecule has 9 heteroatoms. The van der Waals surface area contributed by atoms with Crippen LogP contribution >= 0.6 is 0 Å². The third kappa shape index (κ3) is 4.66. The van der Waals surface area contributed by atoms with E-state index in [1.165, 1.54) is 6.07 Å². The van der Waals surface area contributed by atoms with Gasteiger partial charge in [0.25, 0.3) is 0 Å². The summed E-state index contributed by atoms with van der Waals surface area (Å²) in [6, 6.07) is 5.02. The van der Waals surface area contributed by atoms with Crippen molar-refractivity contribution in [3.63, 3.8) is 0 Å². The van der Waals surface area contributed by atoms with Crippen LogP contribution in [-0.2, 0) is 14.9 Å². The van der Waals surface area contributed by atoms with Gasteiger partial charge in [0.15, 0.2) is 0 Å². The molecule has 2 aliphatic carbocycles. The van der Waals surface area contributed by atoms with Gasteiger partial charge in [0, 0.05) is 30.5 Å². The Balaban J connectivity index is 1.31. The fourth-order valence-electron chi connectivity index (χ4n) is 5.07. The molecular weight excluding hydrogens is 425 g/mol. The number of hydrogen-bond donors (Lipinski definition) is 1. The van der Waals surface area contributed by atoms with Crippen molar-refractivity contribution in [3.05, 3.63) is 29.3 Å². The van der Waals surface area contributed by atoms with Crippen LogP contribution in [0.15, 0.2) is 18.2 Å². The number of likely N-dealkylation sites (tertiary alicyclic amines) is 1. The van der Waals surface area contributed by atoms with Crippen molar-refractivity contribution in [3.8, 4) is 5.75 Å². The fourth-order valence-corrected chi connectivity index (χ4v) is 5.07. The SMILES string of the molecule is Cc1ccc(C23CCN(C(=O)[C@H]4C[C@@H](NC(=O)OC(C)C)C4)CC2C3)cc1OC(F)(F)F. The number of halogens is 3. The molecule has 1 saturated heterocycles. The van der Waals surface area contributed by atoms with Crippen molar-refractivity contribution in [1.82, 2.24) is 10.2 Å². The van der Waals surface area contributed by atoms with Crippen molar-refractivity contribution < 1.29 is 32.2 Å². The van der Waals surface area contributed by atoms with E-state index in [0.717, 1.165) is 18.4 Å². The third-order valence-corrected chi connectivity index (χ3v) is 6.95. The zero-order chi connectivity index (χ0) is 23.3. The summed E-state index contributed by atoms with van der Waals surface area (Å²) in [5, 5.41) is 2.78. The second-order valence-electron chi connectivity index (χ2n) is 9.58. The van der Waals surface area contributed by atoms with E-state index < -0.39 is 12.5 Å². The summed E-state index contributed by atoms with van der Waals surface area (Å²) in [6.07, 6.45) is -2.56. The molecule has 1 aromatic carbocycles. The number of alkyl carbamates (subject to hydrolysis) is 1. The number of nitrogens with zero attached hydrogens (tertiary/aromatic N) is 1. The second-order valence-corrected chi connectivity index (χ2v) is 9.58. The first-order valence-corrected chi connectivity index (χ1v) is 11.1. The fraction of sp³-hybridized carbons (Fsp3) is 0.652. The van der Waals surface area contributed by atoms with E-state index in [4.69, 9.17) is 4.74 Å². The highest BCUT2D eigenvalue weighted by Crippen LogP contribution is 2.60. The minimum atomic E-state index is -4.72. The Morgan fingerprint density at radius 1 is 1.25 bits per heavy atom. The van der Waals surface area contributed by atoms with Crippen LogP contribution in [0.2, 0.25) is 0 Å². The molecule has 0 bridgehead atoms. The molecule has 3 aliphatic rings. The van der Waals surface area contributed by atoms with Crippen LogP contribution < -0.4 is 10.1 Å². The number of carbonyl (C=O) groups excluding carboxylic acids is 2. The van der Waals surface area contributed by atoms with E-state index in [1.54, 1.807) is 26.8 Å². The predicted octanol–water partition coefficient (Wildman–Crippen LogP) is 4.30. The molecule has 2 amide bonds. The Morgan fingerprint density at radius 2 is 1.97 bits per heavy atom. The lowest BCUT2D eigenvalue weighted by atomic mass is 9.78. The Hall–Kier alpha value is -2.45. The van der Waals surface area contributed by atoms with Gasteiger partial charge in [-0.2, -0.15) is 0 Å². The average Bonchev–Trinajstić information content (AvgIpc) is 3.39. The van der Waals surface area contributed by atoms with Crippen LogP contribution in [0.1, 0.15) is 50.7 Å². The Bertz CT molecular complexity index is 898. The lowest BCUT2D eigenvalue weighted by molar-refractivity contribution is -0.274. The maximum Gasteiger partial charge on any atom is 0.573 e. The van der Waals surface area contributed by atoms with Gasteiger partial charge in [0.05, 0.1) is 6.10 Å². The second kappa shape index (κ2) is 8.15. The molecule has 1 N–H and O–H groups in total. The van der Waals surface area contributed by atoms with Crippen molar-refractivity contribution in [1.29, 1.82) is 0 Å². The van der Waals surface area contributed by atoms with E-state index in [1.807, 2.05) is 11.0 Å². The van der Waals surface area contributed by atoms with Gasteiger partial charge in [-0.1, -0.05) is 12.1 Å².